The van der Waals surface area contributed by atoms with Gasteiger partial charge in [0.25, 0.3) is 0 Å². The first-order valence-corrected chi connectivity index (χ1v) is 3.83. The normalized spacial score (nSPS) is 10.1. The fourth-order valence-electron chi connectivity index (χ4n) is 0.891. The summed E-state index contributed by atoms with van der Waals surface area (Å²) in [5, 5.41) is 0. The van der Waals surface area contributed by atoms with Crippen molar-refractivity contribution < 1.29 is 22.7 Å². The Morgan fingerprint density at radius 1 is 1.27 bits per heavy atom. The lowest BCUT2D eigenvalue weighted by Crippen LogP contribution is -2.17. The molecule has 15 heavy (non-hydrogen) atoms. The van der Waals surface area contributed by atoms with E-state index in [1.54, 1.807) is 0 Å². The van der Waals surface area contributed by atoms with E-state index in [0.29, 0.717) is 6.29 Å². The second-order valence-corrected chi connectivity index (χ2v) is 2.43. The molecular weight excluding hydrogens is 209 g/mol. The maximum absolute atomic E-state index is 11.9. The fourth-order valence-corrected chi connectivity index (χ4v) is 0.891. The van der Waals surface area contributed by atoms with E-state index < -0.39 is 12.1 Å². The molecule has 0 saturated carbocycles. The zero-order valence-corrected chi connectivity index (χ0v) is 7.34. The molecule has 0 aliphatic rings. The van der Waals surface area contributed by atoms with Crippen molar-refractivity contribution in [3.8, 4) is 17.6 Å². The molecule has 0 unspecified atom stereocenters. The summed E-state index contributed by atoms with van der Waals surface area (Å²) in [4.78, 5) is 9.94. The molecule has 0 saturated heterocycles. The summed E-state index contributed by atoms with van der Waals surface area (Å²) < 4.78 is 39.4. The van der Waals surface area contributed by atoms with Gasteiger partial charge >= 0.3 is 6.36 Å². The number of hydrogen-bond donors (Lipinski definition) is 0. The molecule has 0 heterocycles. The van der Waals surface area contributed by atoms with Gasteiger partial charge in [0.15, 0.2) is 6.29 Å². The maximum atomic E-state index is 11.9. The highest BCUT2D eigenvalue weighted by atomic mass is 19.4. The standard InChI is InChI=1S/C10H5F3O2/c11-10(12,13)15-9-6-2-1-4-8(9)5-3-7-14/h1-2,4,6-7H. The average molecular weight is 214 g/mol. The number of halogens is 3. The van der Waals surface area contributed by atoms with Crippen molar-refractivity contribution in [1.82, 2.24) is 0 Å². The molecule has 0 N–H and O–H groups in total. The molecule has 0 amide bonds. The summed E-state index contributed by atoms with van der Waals surface area (Å²) in [7, 11) is 0. The molecule has 0 aliphatic carbocycles. The van der Waals surface area contributed by atoms with Crippen molar-refractivity contribution >= 4 is 6.29 Å². The third-order valence-corrected chi connectivity index (χ3v) is 1.38. The lowest BCUT2D eigenvalue weighted by molar-refractivity contribution is -0.274. The summed E-state index contributed by atoms with van der Waals surface area (Å²) in [5.74, 6) is 3.84. The van der Waals surface area contributed by atoms with Gasteiger partial charge in [0, 0.05) is 0 Å². The van der Waals surface area contributed by atoms with Gasteiger partial charge in [-0.05, 0) is 18.1 Å². The lowest BCUT2D eigenvalue weighted by Gasteiger charge is -2.09. The van der Waals surface area contributed by atoms with Crippen LogP contribution in [0.25, 0.3) is 0 Å². The van der Waals surface area contributed by atoms with Crippen LogP contribution in [-0.2, 0) is 4.79 Å². The van der Waals surface area contributed by atoms with Crippen LogP contribution in [0.2, 0.25) is 0 Å². The number of alkyl halides is 3. The van der Waals surface area contributed by atoms with E-state index >= 15 is 0 Å². The highest BCUT2D eigenvalue weighted by molar-refractivity contribution is 5.74. The Bertz CT molecular complexity index is 413. The van der Waals surface area contributed by atoms with Gasteiger partial charge in [0.2, 0.25) is 0 Å². The number of ether oxygens (including phenoxy) is 1. The predicted octanol–water partition coefficient (Wildman–Crippen LogP) is 2.14. The number of benzene rings is 1. The quantitative estimate of drug-likeness (QED) is 0.528. The van der Waals surface area contributed by atoms with Crippen LogP contribution in [0.4, 0.5) is 13.2 Å². The molecule has 2 nitrogen and oxygen atoms in total. The number of carbonyl (C=O) groups is 1. The first-order chi connectivity index (χ1) is 7.03. The Balaban J connectivity index is 3.01. The topological polar surface area (TPSA) is 26.3 Å². The van der Waals surface area contributed by atoms with Gasteiger partial charge in [-0.2, -0.15) is 0 Å². The van der Waals surface area contributed by atoms with Gasteiger partial charge in [0.05, 0.1) is 5.56 Å². The van der Waals surface area contributed by atoms with Crippen LogP contribution in [0, 0.1) is 11.8 Å². The summed E-state index contributed by atoms with van der Waals surface area (Å²) in [5.41, 5.74) is 0.0157. The zero-order chi connectivity index (χ0) is 11.3. The van der Waals surface area contributed by atoms with Crippen LogP contribution in [-0.4, -0.2) is 12.6 Å². The van der Waals surface area contributed by atoms with E-state index in [-0.39, 0.29) is 5.56 Å². The molecule has 1 rings (SSSR count). The third-order valence-electron chi connectivity index (χ3n) is 1.38. The van der Waals surface area contributed by atoms with Gasteiger partial charge in [-0.25, -0.2) is 0 Å². The van der Waals surface area contributed by atoms with Crippen molar-refractivity contribution in [3.63, 3.8) is 0 Å². The van der Waals surface area contributed by atoms with Crippen molar-refractivity contribution in [2.24, 2.45) is 0 Å². The summed E-state index contributed by atoms with van der Waals surface area (Å²) in [6.07, 6.45) is -4.47. The Labute approximate surface area is 83.7 Å². The van der Waals surface area contributed by atoms with Gasteiger partial charge in [-0.3, -0.25) is 4.79 Å². The Kier molecular flexibility index (Phi) is 3.34. The highest BCUT2D eigenvalue weighted by Gasteiger charge is 2.31. The molecule has 0 atom stereocenters. The van der Waals surface area contributed by atoms with Crippen molar-refractivity contribution in [3.05, 3.63) is 29.8 Å². The van der Waals surface area contributed by atoms with Gasteiger partial charge in [-0.15, -0.1) is 13.2 Å². The molecule has 1 aromatic carbocycles. The van der Waals surface area contributed by atoms with Crippen LogP contribution in [0.15, 0.2) is 24.3 Å². The molecule has 0 aromatic heterocycles. The van der Waals surface area contributed by atoms with E-state index in [4.69, 9.17) is 0 Å². The lowest BCUT2D eigenvalue weighted by atomic mass is 10.2. The molecule has 0 bridgehead atoms. The Hall–Kier alpha value is -1.96. The highest BCUT2D eigenvalue weighted by Crippen LogP contribution is 2.25. The Morgan fingerprint density at radius 2 is 1.93 bits per heavy atom. The van der Waals surface area contributed by atoms with Gasteiger partial charge < -0.3 is 4.74 Å². The molecular formula is C10H5F3O2. The second kappa shape index (κ2) is 4.51. The minimum atomic E-state index is -4.76. The third kappa shape index (κ3) is 3.73. The number of hydrogen-bond acceptors (Lipinski definition) is 2. The first kappa shape index (κ1) is 11.1. The SMILES string of the molecule is O=CC#Cc1ccccc1OC(F)(F)F. The summed E-state index contributed by atoms with van der Waals surface area (Å²) >= 11 is 0. The number of aldehydes is 1. The van der Waals surface area contributed by atoms with Crippen molar-refractivity contribution in [2.75, 3.05) is 0 Å². The van der Waals surface area contributed by atoms with E-state index in [2.05, 4.69) is 10.7 Å². The molecule has 1 aromatic rings. The van der Waals surface area contributed by atoms with Gasteiger partial charge in [0.1, 0.15) is 5.75 Å². The van der Waals surface area contributed by atoms with Crippen LogP contribution in [0.5, 0.6) is 5.75 Å². The molecule has 5 heteroatoms. The molecule has 78 valence electrons. The minimum absolute atomic E-state index is 0.0157. The minimum Gasteiger partial charge on any atom is -0.404 e. The molecule has 0 fully saturated rings. The van der Waals surface area contributed by atoms with Crippen LogP contribution in [0.3, 0.4) is 0 Å². The average Bonchev–Trinajstić information content (AvgIpc) is 2.14. The predicted molar refractivity (Wildman–Crippen MR) is 46.1 cm³/mol. The number of rotatable bonds is 1. The fraction of sp³-hybridized carbons (Fsp3) is 0.100. The van der Waals surface area contributed by atoms with Gasteiger partial charge in [-0.1, -0.05) is 18.1 Å². The molecule has 0 spiro atoms. The Morgan fingerprint density at radius 3 is 2.53 bits per heavy atom. The molecule has 0 aliphatic heterocycles. The smallest absolute Gasteiger partial charge is 0.404 e. The first-order valence-electron chi connectivity index (χ1n) is 3.83. The van der Waals surface area contributed by atoms with E-state index in [1.807, 2.05) is 5.92 Å². The van der Waals surface area contributed by atoms with Crippen LogP contribution < -0.4 is 4.74 Å². The summed E-state index contributed by atoms with van der Waals surface area (Å²) in [6.45, 7) is 0. The number of para-hydroxylation sites is 1. The van der Waals surface area contributed by atoms with E-state index in [1.165, 1.54) is 18.2 Å². The number of carbonyl (C=O) groups excluding carboxylic acids is 1. The second-order valence-electron chi connectivity index (χ2n) is 2.43. The maximum Gasteiger partial charge on any atom is 0.573 e. The van der Waals surface area contributed by atoms with Crippen LogP contribution >= 0.6 is 0 Å². The largest absolute Gasteiger partial charge is 0.573 e. The molecule has 0 radical (unpaired) electrons. The van der Waals surface area contributed by atoms with Crippen molar-refractivity contribution in [1.29, 1.82) is 0 Å². The summed E-state index contributed by atoms with van der Waals surface area (Å²) in [6, 6.07) is 5.34. The van der Waals surface area contributed by atoms with E-state index in [0.717, 1.165) is 6.07 Å². The monoisotopic (exact) mass is 214 g/mol. The van der Waals surface area contributed by atoms with Crippen LogP contribution in [0.1, 0.15) is 5.56 Å². The van der Waals surface area contributed by atoms with Crippen molar-refractivity contribution in [2.45, 2.75) is 6.36 Å². The van der Waals surface area contributed by atoms with E-state index in [9.17, 15) is 18.0 Å². The zero-order valence-electron chi connectivity index (χ0n) is 7.34.